The van der Waals surface area contributed by atoms with Gasteiger partial charge in [-0.1, -0.05) is 30.3 Å². The highest BCUT2D eigenvalue weighted by Gasteiger charge is 2.40. The molecule has 1 aromatic heterocycles. The molecule has 0 N–H and O–H groups in total. The smallest absolute Gasteiger partial charge is 0.167 e. The van der Waals surface area contributed by atoms with Crippen LogP contribution in [0.1, 0.15) is 22.3 Å². The Morgan fingerprint density at radius 2 is 1.52 bits per heavy atom. The van der Waals surface area contributed by atoms with Crippen molar-refractivity contribution >= 4 is 16.7 Å². The van der Waals surface area contributed by atoms with E-state index < -0.39 is 28.6 Å². The summed E-state index contributed by atoms with van der Waals surface area (Å²) in [6.07, 6.45) is 2.61. The van der Waals surface area contributed by atoms with Crippen LogP contribution in [-0.2, 0) is 0 Å². The molecule has 7 heteroatoms. The number of aromatic nitrogens is 1. The van der Waals surface area contributed by atoms with Crippen molar-refractivity contribution in [1.82, 2.24) is 4.98 Å². The van der Waals surface area contributed by atoms with Crippen molar-refractivity contribution in [3.05, 3.63) is 106 Å². The van der Waals surface area contributed by atoms with E-state index in [-0.39, 0.29) is 22.3 Å². The number of pyridine rings is 1. The molecular formula is C26H9F3N4. The molecule has 154 valence electrons. The number of benzene rings is 2. The van der Waals surface area contributed by atoms with Crippen LogP contribution in [0.15, 0.2) is 65.9 Å². The second-order valence-electron chi connectivity index (χ2n) is 7.26. The average Bonchev–Trinajstić information content (AvgIpc) is 3.32. The van der Waals surface area contributed by atoms with Crippen LogP contribution in [0.5, 0.6) is 0 Å². The largest absolute Gasteiger partial charge is 0.256 e. The zero-order valence-corrected chi connectivity index (χ0v) is 16.6. The lowest BCUT2D eigenvalue weighted by atomic mass is 9.89. The third kappa shape index (κ3) is 2.65. The predicted octanol–water partition coefficient (Wildman–Crippen LogP) is 5.70. The van der Waals surface area contributed by atoms with E-state index >= 15 is 8.78 Å². The lowest BCUT2D eigenvalue weighted by molar-refractivity contribution is 0.492. The van der Waals surface area contributed by atoms with Gasteiger partial charge in [0, 0.05) is 62.9 Å². The van der Waals surface area contributed by atoms with E-state index in [1.165, 1.54) is 0 Å². The zero-order chi connectivity index (χ0) is 23.3. The third-order valence-corrected chi connectivity index (χ3v) is 5.67. The third-order valence-electron chi connectivity index (χ3n) is 5.67. The van der Waals surface area contributed by atoms with Gasteiger partial charge in [-0.05, 0) is 11.6 Å². The van der Waals surface area contributed by atoms with Gasteiger partial charge in [0.1, 0.15) is 23.5 Å². The van der Waals surface area contributed by atoms with E-state index in [9.17, 15) is 20.2 Å². The van der Waals surface area contributed by atoms with E-state index in [0.717, 1.165) is 11.6 Å². The van der Waals surface area contributed by atoms with Crippen LogP contribution >= 0.6 is 0 Å². The zero-order valence-electron chi connectivity index (χ0n) is 16.6. The van der Waals surface area contributed by atoms with Gasteiger partial charge in [0.15, 0.2) is 11.6 Å². The first kappa shape index (κ1) is 20.0. The van der Waals surface area contributed by atoms with Crippen LogP contribution in [0, 0.1) is 51.4 Å². The maximum Gasteiger partial charge on any atom is 0.167 e. The topological polar surface area (TPSA) is 84.3 Å². The number of hydrogen-bond acceptors (Lipinski definition) is 4. The van der Waals surface area contributed by atoms with E-state index in [1.54, 1.807) is 42.6 Å². The first-order valence-electron chi connectivity index (χ1n) is 9.66. The van der Waals surface area contributed by atoms with Crippen LogP contribution in [0.2, 0.25) is 0 Å². The van der Waals surface area contributed by atoms with Crippen molar-refractivity contribution in [3.8, 4) is 29.5 Å². The first-order valence-corrected chi connectivity index (χ1v) is 9.66. The fraction of sp³-hybridized carbons (Fsp3) is 0. The molecule has 4 nitrogen and oxygen atoms in total. The van der Waals surface area contributed by atoms with Crippen LogP contribution in [-0.4, -0.2) is 4.98 Å². The number of fused-ring (bicyclic) bond motifs is 4. The van der Waals surface area contributed by atoms with Crippen molar-refractivity contribution in [2.24, 2.45) is 0 Å². The van der Waals surface area contributed by atoms with Gasteiger partial charge in [0.05, 0.1) is 11.8 Å². The second kappa shape index (κ2) is 7.34. The number of rotatable bonds is 0. The van der Waals surface area contributed by atoms with E-state index in [0.29, 0.717) is 28.5 Å². The maximum atomic E-state index is 15.1. The molecule has 2 aliphatic rings. The van der Waals surface area contributed by atoms with Gasteiger partial charge in [0.25, 0.3) is 0 Å². The molecule has 0 bridgehead atoms. The van der Waals surface area contributed by atoms with Gasteiger partial charge in [-0.15, -0.1) is 0 Å². The molecule has 0 saturated carbocycles. The normalized spacial score (nSPS) is 16.5. The molecule has 0 atom stereocenters. The average molecular weight is 434 g/mol. The lowest BCUT2D eigenvalue weighted by Crippen LogP contribution is -1.98. The van der Waals surface area contributed by atoms with Crippen LogP contribution < -0.4 is 0 Å². The monoisotopic (exact) mass is 434 g/mol. The van der Waals surface area contributed by atoms with Crippen LogP contribution in [0.3, 0.4) is 0 Å². The fourth-order valence-electron chi connectivity index (χ4n) is 4.48. The Bertz CT molecular complexity index is 1560. The van der Waals surface area contributed by atoms with Gasteiger partial charge in [-0.25, -0.2) is 13.2 Å². The molecule has 2 aliphatic carbocycles. The molecule has 5 rings (SSSR count). The molecule has 0 fully saturated rings. The molecule has 2 aromatic carbocycles. The van der Waals surface area contributed by atoms with Crippen molar-refractivity contribution < 1.29 is 13.2 Å². The highest BCUT2D eigenvalue weighted by atomic mass is 19.2. The van der Waals surface area contributed by atoms with Crippen LogP contribution in [0.25, 0.3) is 28.0 Å². The molecule has 0 amide bonds. The van der Waals surface area contributed by atoms with Gasteiger partial charge in [0.2, 0.25) is 0 Å². The predicted molar refractivity (Wildman–Crippen MR) is 114 cm³/mol. The minimum absolute atomic E-state index is 0.0385. The Morgan fingerprint density at radius 1 is 0.818 bits per heavy atom. The van der Waals surface area contributed by atoms with Gasteiger partial charge in [-0.2, -0.15) is 15.8 Å². The molecule has 1 heterocycles. The summed E-state index contributed by atoms with van der Waals surface area (Å²) in [6, 6.07) is 16.2. The summed E-state index contributed by atoms with van der Waals surface area (Å²) in [4.78, 5) is 4.43. The molecule has 3 aromatic rings. The molecule has 0 spiro atoms. The summed E-state index contributed by atoms with van der Waals surface area (Å²) < 4.78 is 44.4. The SMILES string of the molecule is N#C/C=C1/C(=C2/c3ccccc3-c3ncccc32)C(=C(C#N)C#N)c2c(F)c(F)cc(F)c21. The standard InChI is InChI=1S/C26H9F3N4/c27-18-10-19(28)25(29)24-20(13(11-31)12-32)23(16(7-8-30)22(18)24)21-14-4-1-2-5-15(14)26-17(21)6-3-9-33-26/h1-7,9-10H/b16-7+,23-21+. The Hall–Kier alpha value is -4.93. The van der Waals surface area contributed by atoms with Gasteiger partial charge >= 0.3 is 0 Å². The number of nitrogens with zero attached hydrogens (tertiary/aromatic N) is 4. The first-order chi connectivity index (χ1) is 16.0. The Kier molecular flexibility index (Phi) is 4.45. The minimum Gasteiger partial charge on any atom is -0.256 e. The van der Waals surface area contributed by atoms with E-state index in [2.05, 4.69) is 4.98 Å². The molecule has 0 radical (unpaired) electrons. The Morgan fingerprint density at radius 3 is 2.21 bits per heavy atom. The van der Waals surface area contributed by atoms with Crippen molar-refractivity contribution in [2.75, 3.05) is 0 Å². The van der Waals surface area contributed by atoms with Crippen molar-refractivity contribution in [3.63, 3.8) is 0 Å². The summed E-state index contributed by atoms with van der Waals surface area (Å²) in [5, 5.41) is 28.8. The van der Waals surface area contributed by atoms with Gasteiger partial charge < -0.3 is 0 Å². The lowest BCUT2D eigenvalue weighted by Gasteiger charge is -2.12. The van der Waals surface area contributed by atoms with E-state index in [1.807, 2.05) is 18.2 Å². The Balaban J connectivity index is 2.07. The molecular weight excluding hydrogens is 425 g/mol. The molecule has 0 unspecified atom stereocenters. The molecule has 33 heavy (non-hydrogen) atoms. The number of halogens is 3. The molecule has 0 aliphatic heterocycles. The van der Waals surface area contributed by atoms with Crippen molar-refractivity contribution in [1.29, 1.82) is 15.8 Å². The highest BCUT2D eigenvalue weighted by Crippen LogP contribution is 2.56. The summed E-state index contributed by atoms with van der Waals surface area (Å²) in [7, 11) is 0. The number of nitriles is 3. The maximum absolute atomic E-state index is 15.1. The van der Waals surface area contributed by atoms with E-state index in [4.69, 9.17) is 0 Å². The fourth-order valence-corrected chi connectivity index (χ4v) is 4.48. The number of hydrogen-bond donors (Lipinski definition) is 0. The summed E-state index contributed by atoms with van der Waals surface area (Å²) >= 11 is 0. The molecule has 0 saturated heterocycles. The van der Waals surface area contributed by atoms with Crippen molar-refractivity contribution in [2.45, 2.75) is 0 Å². The number of allylic oxidation sites excluding steroid dienone is 5. The minimum atomic E-state index is -1.46. The summed E-state index contributed by atoms with van der Waals surface area (Å²) in [5.41, 5.74) is 1.39. The van der Waals surface area contributed by atoms with Gasteiger partial charge in [-0.3, -0.25) is 4.98 Å². The summed E-state index contributed by atoms with van der Waals surface area (Å²) in [6.45, 7) is 0. The van der Waals surface area contributed by atoms with Crippen LogP contribution in [0.4, 0.5) is 13.2 Å². The second-order valence-corrected chi connectivity index (χ2v) is 7.26. The Labute approximate surface area is 186 Å². The summed E-state index contributed by atoms with van der Waals surface area (Å²) in [5.74, 6) is -3.97. The highest BCUT2D eigenvalue weighted by molar-refractivity contribution is 6.20. The quantitative estimate of drug-likeness (QED) is 0.262.